The van der Waals surface area contributed by atoms with Gasteiger partial charge in [-0.2, -0.15) is 0 Å². The van der Waals surface area contributed by atoms with E-state index in [2.05, 4.69) is 0 Å². The van der Waals surface area contributed by atoms with Gasteiger partial charge in [-0.3, -0.25) is 0 Å². The van der Waals surface area contributed by atoms with Crippen molar-refractivity contribution in [1.29, 1.82) is 0 Å². The van der Waals surface area contributed by atoms with E-state index in [1.54, 1.807) is 12.1 Å². The predicted octanol–water partition coefficient (Wildman–Crippen LogP) is 3.32. The molecule has 1 atom stereocenters. The first kappa shape index (κ1) is 12.0. The quantitative estimate of drug-likeness (QED) is 0.414. The minimum absolute atomic E-state index is 0.171. The lowest BCUT2D eigenvalue weighted by molar-refractivity contribution is -0.135. The molecular weight excluding hydrogens is 270 g/mol. The lowest BCUT2D eigenvalue weighted by Gasteiger charge is -2.25. The molecule has 1 aromatic carbocycles. The van der Waals surface area contributed by atoms with Crippen molar-refractivity contribution in [1.82, 2.24) is 0 Å². The number of hydrogen-bond donors (Lipinski definition) is 0. The molecule has 0 bridgehead atoms. The van der Waals surface area contributed by atoms with E-state index in [9.17, 15) is 4.79 Å². The van der Waals surface area contributed by atoms with Crippen LogP contribution in [-0.2, 0) is 11.2 Å². The van der Waals surface area contributed by atoms with Gasteiger partial charge in [0.2, 0.25) is 4.33 Å². The first-order chi connectivity index (χ1) is 7.49. The van der Waals surface area contributed by atoms with Gasteiger partial charge in [-0.25, -0.2) is 4.79 Å². The summed E-state index contributed by atoms with van der Waals surface area (Å²) in [7, 11) is 0. The van der Waals surface area contributed by atoms with E-state index in [-0.39, 0.29) is 11.8 Å². The Morgan fingerprint density at radius 2 is 2.00 bits per heavy atom. The van der Waals surface area contributed by atoms with Crippen molar-refractivity contribution in [2.75, 3.05) is 0 Å². The summed E-state index contributed by atoms with van der Waals surface area (Å²) < 4.78 is 3.57. The molecule has 0 radical (unpaired) electrons. The van der Waals surface area contributed by atoms with Crippen LogP contribution in [0.3, 0.4) is 0 Å². The van der Waals surface area contributed by atoms with Crippen molar-refractivity contribution in [3.8, 4) is 5.75 Å². The fourth-order valence-electron chi connectivity index (χ4n) is 1.62. The highest BCUT2D eigenvalue weighted by atomic mass is 35.5. The average molecular weight is 280 g/mol. The van der Waals surface area contributed by atoms with Gasteiger partial charge in [0.25, 0.3) is 0 Å². The topological polar surface area (TPSA) is 26.3 Å². The van der Waals surface area contributed by atoms with Crippen molar-refractivity contribution in [2.45, 2.75) is 22.6 Å². The number of alkyl halides is 3. The van der Waals surface area contributed by atoms with Gasteiger partial charge in [0.15, 0.2) is 0 Å². The number of carbonyl (C=O) groups is 1. The SMILES string of the molecule is O=C1Oc2ccccc2CC(Cl)CC1(Cl)Cl. The van der Waals surface area contributed by atoms with Crippen LogP contribution in [0.5, 0.6) is 5.75 Å². The van der Waals surface area contributed by atoms with Crippen LogP contribution in [0.4, 0.5) is 0 Å². The molecule has 0 N–H and O–H groups in total. The molecule has 0 aliphatic carbocycles. The Bertz CT molecular complexity index is 417. The third kappa shape index (κ3) is 2.45. The molecule has 86 valence electrons. The Kier molecular flexibility index (Phi) is 3.34. The number of para-hydroxylation sites is 1. The standard InChI is InChI=1S/C11H9Cl3O2/c12-8-5-7-3-1-2-4-9(7)16-10(15)11(13,14)6-8/h1-4,8H,5-6H2. The molecule has 16 heavy (non-hydrogen) atoms. The van der Waals surface area contributed by atoms with Crippen molar-refractivity contribution < 1.29 is 9.53 Å². The van der Waals surface area contributed by atoms with E-state index in [4.69, 9.17) is 39.5 Å². The number of carbonyl (C=O) groups excluding carboxylic acids is 1. The number of rotatable bonds is 0. The van der Waals surface area contributed by atoms with Gasteiger partial charge in [0.1, 0.15) is 5.75 Å². The van der Waals surface area contributed by atoms with Crippen LogP contribution in [0.15, 0.2) is 24.3 Å². The highest BCUT2D eigenvalue weighted by Crippen LogP contribution is 2.36. The average Bonchev–Trinajstić information content (AvgIpc) is 2.18. The lowest BCUT2D eigenvalue weighted by atomic mass is 10.0. The van der Waals surface area contributed by atoms with Crippen LogP contribution < -0.4 is 4.74 Å². The number of ether oxygens (including phenoxy) is 1. The molecule has 5 heteroatoms. The van der Waals surface area contributed by atoms with Gasteiger partial charge in [0, 0.05) is 11.8 Å². The van der Waals surface area contributed by atoms with E-state index in [0.29, 0.717) is 12.2 Å². The predicted molar refractivity (Wildman–Crippen MR) is 64.5 cm³/mol. The lowest BCUT2D eigenvalue weighted by Crippen LogP contribution is -2.35. The molecule has 1 aliphatic rings. The summed E-state index contributed by atoms with van der Waals surface area (Å²) in [6.45, 7) is 0. The summed E-state index contributed by atoms with van der Waals surface area (Å²) >= 11 is 17.8. The third-order valence-corrected chi connectivity index (χ3v) is 3.32. The maximum Gasteiger partial charge on any atom is 0.348 e. The van der Waals surface area contributed by atoms with E-state index < -0.39 is 10.3 Å². The summed E-state index contributed by atoms with van der Waals surface area (Å²) in [6, 6.07) is 7.22. The molecule has 1 unspecified atom stereocenters. The van der Waals surface area contributed by atoms with Crippen molar-refractivity contribution in [3.63, 3.8) is 0 Å². The molecule has 1 heterocycles. The molecule has 0 aromatic heterocycles. The zero-order valence-corrected chi connectivity index (χ0v) is 10.5. The normalized spacial score (nSPS) is 23.9. The molecular formula is C11H9Cl3O2. The Morgan fingerprint density at radius 3 is 2.75 bits per heavy atom. The van der Waals surface area contributed by atoms with Gasteiger partial charge in [-0.1, -0.05) is 41.4 Å². The van der Waals surface area contributed by atoms with Crippen LogP contribution in [0.2, 0.25) is 0 Å². The number of esters is 1. The van der Waals surface area contributed by atoms with Crippen molar-refractivity contribution >= 4 is 40.8 Å². The summed E-state index contributed by atoms with van der Waals surface area (Å²) in [5, 5.41) is -0.288. The fraction of sp³-hybridized carbons (Fsp3) is 0.364. The van der Waals surface area contributed by atoms with Crippen LogP contribution in [0, 0.1) is 0 Å². The number of hydrogen-bond acceptors (Lipinski definition) is 2. The maximum absolute atomic E-state index is 11.7. The zero-order chi connectivity index (χ0) is 11.8. The molecule has 2 rings (SSSR count). The molecule has 0 saturated carbocycles. The number of fused-ring (bicyclic) bond motifs is 1. The Balaban J connectivity index is 2.38. The van der Waals surface area contributed by atoms with E-state index in [1.807, 2.05) is 12.1 Å². The number of benzene rings is 1. The van der Waals surface area contributed by atoms with Gasteiger partial charge < -0.3 is 4.74 Å². The van der Waals surface area contributed by atoms with Crippen molar-refractivity contribution in [2.24, 2.45) is 0 Å². The fourth-order valence-corrected chi connectivity index (χ4v) is 2.62. The van der Waals surface area contributed by atoms with Gasteiger partial charge >= 0.3 is 5.97 Å². The van der Waals surface area contributed by atoms with E-state index >= 15 is 0 Å². The second-order valence-electron chi connectivity index (χ2n) is 3.71. The minimum Gasteiger partial charge on any atom is -0.424 e. The van der Waals surface area contributed by atoms with Gasteiger partial charge in [-0.15, -0.1) is 11.6 Å². The summed E-state index contributed by atoms with van der Waals surface area (Å²) in [6.07, 6.45) is 0.747. The van der Waals surface area contributed by atoms with Gasteiger partial charge in [-0.05, 0) is 18.1 Å². The Labute approximate surface area is 108 Å². The first-order valence-electron chi connectivity index (χ1n) is 4.81. The Morgan fingerprint density at radius 1 is 1.31 bits per heavy atom. The summed E-state index contributed by atoms with van der Waals surface area (Å²) in [5.74, 6) is -0.197. The number of halogens is 3. The maximum atomic E-state index is 11.7. The second kappa shape index (κ2) is 4.44. The third-order valence-electron chi connectivity index (χ3n) is 2.39. The molecule has 0 spiro atoms. The highest BCUT2D eigenvalue weighted by molar-refractivity contribution is 6.57. The van der Waals surface area contributed by atoms with Crippen molar-refractivity contribution in [3.05, 3.63) is 29.8 Å². The second-order valence-corrected chi connectivity index (χ2v) is 5.81. The summed E-state index contributed by atoms with van der Waals surface area (Å²) in [4.78, 5) is 11.7. The molecule has 0 fully saturated rings. The van der Waals surface area contributed by atoms with Gasteiger partial charge in [0.05, 0.1) is 0 Å². The molecule has 0 amide bonds. The van der Waals surface area contributed by atoms with E-state index in [0.717, 1.165) is 5.56 Å². The molecule has 1 aromatic rings. The summed E-state index contributed by atoms with van der Waals surface area (Å²) in [5.41, 5.74) is 0.889. The largest absolute Gasteiger partial charge is 0.424 e. The van der Waals surface area contributed by atoms with Crippen LogP contribution in [0.1, 0.15) is 12.0 Å². The zero-order valence-electron chi connectivity index (χ0n) is 8.25. The van der Waals surface area contributed by atoms with Crippen LogP contribution >= 0.6 is 34.8 Å². The first-order valence-corrected chi connectivity index (χ1v) is 6.00. The smallest absolute Gasteiger partial charge is 0.348 e. The van der Waals surface area contributed by atoms with E-state index in [1.165, 1.54) is 0 Å². The highest BCUT2D eigenvalue weighted by Gasteiger charge is 2.40. The van der Waals surface area contributed by atoms with Crippen LogP contribution in [0.25, 0.3) is 0 Å². The Hall–Kier alpha value is -0.440. The monoisotopic (exact) mass is 278 g/mol. The molecule has 2 nitrogen and oxygen atoms in total. The molecule has 1 aliphatic heterocycles. The minimum atomic E-state index is -1.57. The van der Waals surface area contributed by atoms with Crippen LogP contribution in [-0.4, -0.2) is 15.7 Å². The molecule has 0 saturated heterocycles.